The number of aryl methyl sites for hydroxylation is 1. The third-order valence-corrected chi connectivity index (χ3v) is 3.80. The molecule has 3 rings (SSSR count). The zero-order chi connectivity index (χ0) is 13.2. The molecule has 0 heterocycles. The quantitative estimate of drug-likeness (QED) is 0.816. The lowest BCUT2D eigenvalue weighted by atomic mass is 9.79. The Kier molecular flexibility index (Phi) is 3.08. The summed E-state index contributed by atoms with van der Waals surface area (Å²) in [5, 5.41) is 0. The van der Waals surface area contributed by atoms with E-state index in [2.05, 4.69) is 0 Å². The fourth-order valence-corrected chi connectivity index (χ4v) is 2.77. The number of methoxy groups -OCH3 is 1. The molecule has 0 aromatic heterocycles. The van der Waals surface area contributed by atoms with E-state index in [1.165, 1.54) is 0 Å². The summed E-state index contributed by atoms with van der Waals surface area (Å²) in [5.41, 5.74) is 3.08. The van der Waals surface area contributed by atoms with Crippen LogP contribution in [-0.4, -0.2) is 12.9 Å². The summed E-state index contributed by atoms with van der Waals surface area (Å²) in [6.45, 7) is 0. The van der Waals surface area contributed by atoms with E-state index in [4.69, 9.17) is 4.74 Å². The van der Waals surface area contributed by atoms with Crippen molar-refractivity contribution in [2.45, 2.75) is 18.8 Å². The largest absolute Gasteiger partial charge is 0.497 e. The molecular formula is C17H16O2. The van der Waals surface area contributed by atoms with Crippen LogP contribution in [0.15, 0.2) is 48.5 Å². The molecule has 96 valence electrons. The Hall–Kier alpha value is -2.09. The van der Waals surface area contributed by atoms with Crippen molar-refractivity contribution in [3.05, 3.63) is 65.2 Å². The number of carbonyl (C=O) groups excluding carboxylic acids is 1. The van der Waals surface area contributed by atoms with Gasteiger partial charge in [0.1, 0.15) is 5.75 Å². The fourth-order valence-electron chi connectivity index (χ4n) is 2.77. The van der Waals surface area contributed by atoms with E-state index in [9.17, 15) is 4.79 Å². The third-order valence-electron chi connectivity index (χ3n) is 3.80. The molecule has 0 radical (unpaired) electrons. The van der Waals surface area contributed by atoms with E-state index in [1.54, 1.807) is 7.11 Å². The van der Waals surface area contributed by atoms with Crippen LogP contribution in [-0.2, 0) is 6.42 Å². The van der Waals surface area contributed by atoms with Crippen LogP contribution in [0.3, 0.4) is 0 Å². The van der Waals surface area contributed by atoms with Gasteiger partial charge in [-0.1, -0.05) is 30.3 Å². The predicted molar refractivity (Wildman–Crippen MR) is 74.8 cm³/mol. The number of hydrogen-bond donors (Lipinski definition) is 0. The zero-order valence-corrected chi connectivity index (χ0v) is 10.9. The van der Waals surface area contributed by atoms with Gasteiger partial charge in [0.05, 0.1) is 7.11 Å². The first kappa shape index (κ1) is 12.0. The Morgan fingerprint density at radius 3 is 2.63 bits per heavy atom. The SMILES string of the molecule is COc1ccc2c(c1)CC[C@H](c1ccccc1)C2=O. The molecule has 0 saturated heterocycles. The smallest absolute Gasteiger partial charge is 0.170 e. The lowest BCUT2D eigenvalue weighted by Gasteiger charge is -2.24. The molecule has 0 aliphatic heterocycles. The Morgan fingerprint density at radius 2 is 1.89 bits per heavy atom. The average Bonchev–Trinajstić information content (AvgIpc) is 2.48. The number of fused-ring (bicyclic) bond motifs is 1. The summed E-state index contributed by atoms with van der Waals surface area (Å²) in [5.74, 6) is 1.06. The van der Waals surface area contributed by atoms with E-state index >= 15 is 0 Å². The standard InChI is InChI=1S/C17H16O2/c1-19-14-8-10-16-13(11-14)7-9-15(17(16)18)12-5-3-2-4-6-12/h2-6,8,10-11,15H,7,9H2,1H3/t15-/m1/s1. The highest BCUT2D eigenvalue weighted by Crippen LogP contribution is 2.34. The Labute approximate surface area is 113 Å². The van der Waals surface area contributed by atoms with E-state index in [0.717, 1.165) is 35.3 Å². The number of carbonyl (C=O) groups is 1. The zero-order valence-electron chi connectivity index (χ0n) is 10.9. The molecule has 0 amide bonds. The van der Waals surface area contributed by atoms with Gasteiger partial charge in [-0.3, -0.25) is 4.79 Å². The summed E-state index contributed by atoms with van der Waals surface area (Å²) in [7, 11) is 1.65. The van der Waals surface area contributed by atoms with Crippen LogP contribution in [0.4, 0.5) is 0 Å². The molecule has 2 nitrogen and oxygen atoms in total. The normalized spacial score (nSPS) is 17.9. The van der Waals surface area contributed by atoms with Gasteiger partial charge < -0.3 is 4.74 Å². The monoisotopic (exact) mass is 252 g/mol. The maximum atomic E-state index is 12.6. The summed E-state index contributed by atoms with van der Waals surface area (Å²) in [6, 6.07) is 15.8. The number of ketones is 1. The average molecular weight is 252 g/mol. The number of hydrogen-bond acceptors (Lipinski definition) is 2. The first-order valence-corrected chi connectivity index (χ1v) is 6.55. The summed E-state index contributed by atoms with van der Waals surface area (Å²) in [4.78, 5) is 12.6. The summed E-state index contributed by atoms with van der Waals surface area (Å²) >= 11 is 0. The number of Topliss-reactive ketones (excluding diaryl/α,β-unsaturated/α-hetero) is 1. The molecule has 0 unspecified atom stereocenters. The van der Waals surface area contributed by atoms with Crippen LogP contribution in [0.5, 0.6) is 5.75 Å². The number of benzene rings is 2. The van der Waals surface area contributed by atoms with Crippen LogP contribution < -0.4 is 4.74 Å². The molecule has 2 heteroatoms. The molecule has 0 spiro atoms. The molecular weight excluding hydrogens is 236 g/mol. The molecule has 1 aliphatic carbocycles. The second-order valence-corrected chi connectivity index (χ2v) is 4.89. The van der Waals surface area contributed by atoms with E-state index < -0.39 is 0 Å². The van der Waals surface area contributed by atoms with E-state index in [1.807, 2.05) is 48.5 Å². The molecule has 1 aliphatic rings. The first-order valence-electron chi connectivity index (χ1n) is 6.55. The lowest BCUT2D eigenvalue weighted by Crippen LogP contribution is -2.20. The minimum atomic E-state index is 0.00194. The van der Waals surface area contributed by atoms with Crippen molar-refractivity contribution in [3.63, 3.8) is 0 Å². The third kappa shape index (κ3) is 2.14. The van der Waals surface area contributed by atoms with Crippen molar-refractivity contribution >= 4 is 5.78 Å². The highest BCUT2D eigenvalue weighted by Gasteiger charge is 2.28. The molecule has 0 bridgehead atoms. The summed E-state index contributed by atoms with van der Waals surface area (Å²) in [6.07, 6.45) is 1.81. The van der Waals surface area contributed by atoms with Crippen LogP contribution in [0.2, 0.25) is 0 Å². The fraction of sp³-hybridized carbons (Fsp3) is 0.235. The lowest BCUT2D eigenvalue weighted by molar-refractivity contribution is 0.0946. The van der Waals surface area contributed by atoms with Crippen molar-refractivity contribution in [3.8, 4) is 5.75 Å². The molecule has 2 aromatic rings. The second-order valence-electron chi connectivity index (χ2n) is 4.89. The van der Waals surface area contributed by atoms with Crippen molar-refractivity contribution in [1.82, 2.24) is 0 Å². The minimum Gasteiger partial charge on any atom is -0.497 e. The number of rotatable bonds is 2. The predicted octanol–water partition coefficient (Wildman–Crippen LogP) is 3.61. The van der Waals surface area contributed by atoms with Crippen molar-refractivity contribution in [2.75, 3.05) is 7.11 Å². The second kappa shape index (κ2) is 4.88. The van der Waals surface area contributed by atoms with E-state index in [-0.39, 0.29) is 11.7 Å². The highest BCUT2D eigenvalue weighted by molar-refractivity contribution is 6.03. The van der Waals surface area contributed by atoms with Gasteiger partial charge in [0, 0.05) is 11.5 Å². The minimum absolute atomic E-state index is 0.00194. The maximum Gasteiger partial charge on any atom is 0.170 e. The van der Waals surface area contributed by atoms with Crippen LogP contribution in [0, 0.1) is 0 Å². The van der Waals surface area contributed by atoms with Gasteiger partial charge in [-0.05, 0) is 42.2 Å². The Morgan fingerprint density at radius 1 is 1.11 bits per heavy atom. The van der Waals surface area contributed by atoms with Crippen molar-refractivity contribution in [2.24, 2.45) is 0 Å². The Bertz CT molecular complexity index is 602. The molecule has 0 saturated carbocycles. The van der Waals surface area contributed by atoms with Gasteiger partial charge in [0.2, 0.25) is 0 Å². The number of ether oxygens (including phenoxy) is 1. The maximum absolute atomic E-state index is 12.6. The van der Waals surface area contributed by atoms with Gasteiger partial charge >= 0.3 is 0 Å². The molecule has 1 atom stereocenters. The molecule has 0 fully saturated rings. The van der Waals surface area contributed by atoms with Crippen LogP contribution in [0.1, 0.15) is 33.8 Å². The van der Waals surface area contributed by atoms with Crippen LogP contribution >= 0.6 is 0 Å². The molecule has 19 heavy (non-hydrogen) atoms. The summed E-state index contributed by atoms with van der Waals surface area (Å²) < 4.78 is 5.22. The molecule has 2 aromatic carbocycles. The Balaban J connectivity index is 1.97. The van der Waals surface area contributed by atoms with E-state index in [0.29, 0.717) is 0 Å². The van der Waals surface area contributed by atoms with Crippen molar-refractivity contribution < 1.29 is 9.53 Å². The van der Waals surface area contributed by atoms with Gasteiger partial charge in [-0.15, -0.1) is 0 Å². The van der Waals surface area contributed by atoms with Crippen molar-refractivity contribution in [1.29, 1.82) is 0 Å². The van der Waals surface area contributed by atoms with Gasteiger partial charge in [-0.25, -0.2) is 0 Å². The highest BCUT2D eigenvalue weighted by atomic mass is 16.5. The topological polar surface area (TPSA) is 26.3 Å². The van der Waals surface area contributed by atoms with Gasteiger partial charge in [0.25, 0.3) is 0 Å². The van der Waals surface area contributed by atoms with Gasteiger partial charge in [0.15, 0.2) is 5.78 Å². The first-order chi connectivity index (χ1) is 9.29. The van der Waals surface area contributed by atoms with Crippen LogP contribution in [0.25, 0.3) is 0 Å². The molecule has 0 N–H and O–H groups in total. The van der Waals surface area contributed by atoms with Gasteiger partial charge in [-0.2, -0.15) is 0 Å².